The first kappa shape index (κ1) is 17.0. The van der Waals surface area contributed by atoms with Crippen molar-refractivity contribution in [3.63, 3.8) is 0 Å². The zero-order chi connectivity index (χ0) is 16.8. The highest BCUT2D eigenvalue weighted by atomic mass is 16.5. The largest absolute Gasteiger partial charge is 0.461 e. The molecule has 0 spiro atoms. The van der Waals surface area contributed by atoms with Gasteiger partial charge >= 0.3 is 5.97 Å². The Labute approximate surface area is 143 Å². The van der Waals surface area contributed by atoms with E-state index in [2.05, 4.69) is 22.3 Å². The van der Waals surface area contributed by atoms with Crippen molar-refractivity contribution >= 4 is 11.9 Å². The van der Waals surface area contributed by atoms with Gasteiger partial charge in [0.1, 0.15) is 6.10 Å². The first-order chi connectivity index (χ1) is 11.7. The van der Waals surface area contributed by atoms with Crippen molar-refractivity contribution < 1.29 is 14.3 Å². The first-order valence-corrected chi connectivity index (χ1v) is 8.94. The van der Waals surface area contributed by atoms with Gasteiger partial charge in [-0.15, -0.1) is 0 Å². The van der Waals surface area contributed by atoms with Crippen LogP contribution in [0.3, 0.4) is 0 Å². The molecule has 1 atom stereocenters. The predicted octanol–water partition coefficient (Wildman–Crippen LogP) is 2.11. The summed E-state index contributed by atoms with van der Waals surface area (Å²) in [6.45, 7) is 3.24. The van der Waals surface area contributed by atoms with Gasteiger partial charge in [0.2, 0.25) is 5.91 Å². The monoisotopic (exact) mass is 330 g/mol. The fourth-order valence-corrected chi connectivity index (χ4v) is 3.06. The molecule has 1 saturated carbocycles. The van der Waals surface area contributed by atoms with Crippen LogP contribution in [0.2, 0.25) is 0 Å². The van der Waals surface area contributed by atoms with Crippen LogP contribution in [-0.2, 0) is 20.9 Å². The van der Waals surface area contributed by atoms with E-state index in [1.165, 1.54) is 5.56 Å². The second-order valence-electron chi connectivity index (χ2n) is 6.79. The van der Waals surface area contributed by atoms with Crippen molar-refractivity contribution in [2.24, 2.45) is 5.92 Å². The van der Waals surface area contributed by atoms with Crippen LogP contribution < -0.4 is 5.32 Å². The number of esters is 1. The third kappa shape index (κ3) is 5.34. The number of nitrogens with one attached hydrogen (secondary N) is 1. The van der Waals surface area contributed by atoms with E-state index in [4.69, 9.17) is 4.74 Å². The van der Waals surface area contributed by atoms with Gasteiger partial charge in [0.15, 0.2) is 0 Å². The van der Waals surface area contributed by atoms with Gasteiger partial charge in [0.05, 0.1) is 0 Å². The molecule has 1 aliphatic carbocycles. The lowest BCUT2D eigenvalue weighted by atomic mass is 10.2. The fourth-order valence-electron chi connectivity index (χ4n) is 3.06. The summed E-state index contributed by atoms with van der Waals surface area (Å²) in [5, 5.41) is 2.87. The molecule has 130 valence electrons. The van der Waals surface area contributed by atoms with E-state index < -0.39 is 0 Å². The Bertz CT molecular complexity index is 557. The molecule has 5 nitrogen and oxygen atoms in total. The Morgan fingerprint density at radius 3 is 2.71 bits per heavy atom. The molecule has 1 N–H and O–H groups in total. The fraction of sp³-hybridized carbons (Fsp3) is 0.579. The number of likely N-dealkylation sites (tertiary alicyclic amines) is 1. The number of ether oxygens (including phenoxy) is 1. The van der Waals surface area contributed by atoms with Crippen LogP contribution in [0, 0.1) is 5.92 Å². The van der Waals surface area contributed by atoms with Crippen LogP contribution in [0.15, 0.2) is 30.3 Å². The molecule has 1 aromatic rings. The topological polar surface area (TPSA) is 58.6 Å². The van der Waals surface area contributed by atoms with Crippen LogP contribution in [0.1, 0.15) is 37.7 Å². The maximum Gasteiger partial charge on any atom is 0.306 e. The average molecular weight is 330 g/mol. The smallest absolute Gasteiger partial charge is 0.306 e. The van der Waals surface area contributed by atoms with E-state index >= 15 is 0 Å². The highest BCUT2D eigenvalue weighted by Gasteiger charge is 2.29. The van der Waals surface area contributed by atoms with Gasteiger partial charge in [0, 0.05) is 38.5 Å². The minimum Gasteiger partial charge on any atom is -0.461 e. The predicted molar refractivity (Wildman–Crippen MR) is 91.2 cm³/mol. The van der Waals surface area contributed by atoms with Gasteiger partial charge in [-0.1, -0.05) is 30.3 Å². The summed E-state index contributed by atoms with van der Waals surface area (Å²) < 4.78 is 5.55. The number of hydrogen-bond donors (Lipinski definition) is 1. The maximum absolute atomic E-state index is 11.9. The molecule has 5 heteroatoms. The van der Waals surface area contributed by atoms with E-state index in [0.29, 0.717) is 19.4 Å². The molecule has 1 aliphatic heterocycles. The van der Waals surface area contributed by atoms with Gasteiger partial charge in [-0.25, -0.2) is 0 Å². The van der Waals surface area contributed by atoms with E-state index in [9.17, 15) is 9.59 Å². The molecule has 2 aliphatic rings. The minimum absolute atomic E-state index is 0.00210. The van der Waals surface area contributed by atoms with E-state index in [1.54, 1.807) is 0 Å². The average Bonchev–Trinajstić information content (AvgIpc) is 3.35. The lowest BCUT2D eigenvalue weighted by Gasteiger charge is -2.16. The molecule has 0 unspecified atom stereocenters. The van der Waals surface area contributed by atoms with Gasteiger partial charge < -0.3 is 10.1 Å². The van der Waals surface area contributed by atoms with Crippen molar-refractivity contribution in [3.8, 4) is 0 Å². The number of benzene rings is 1. The van der Waals surface area contributed by atoms with Crippen LogP contribution in [-0.4, -0.2) is 42.5 Å². The normalized spacial score (nSPS) is 20.8. The summed E-state index contributed by atoms with van der Waals surface area (Å²) >= 11 is 0. The third-order valence-corrected chi connectivity index (χ3v) is 4.58. The summed E-state index contributed by atoms with van der Waals surface area (Å²) in [5.41, 5.74) is 1.29. The Hall–Kier alpha value is -1.88. The molecule has 1 aromatic carbocycles. The summed E-state index contributed by atoms with van der Waals surface area (Å²) in [4.78, 5) is 25.7. The number of carbonyl (C=O) groups is 2. The van der Waals surface area contributed by atoms with Crippen molar-refractivity contribution in [1.82, 2.24) is 10.2 Å². The van der Waals surface area contributed by atoms with E-state index in [1.807, 2.05) is 18.2 Å². The molecule has 1 saturated heterocycles. The summed E-state index contributed by atoms with van der Waals surface area (Å²) in [6.07, 6.45) is 3.95. The van der Waals surface area contributed by atoms with Crippen molar-refractivity contribution in [2.75, 3.05) is 19.6 Å². The van der Waals surface area contributed by atoms with E-state index in [-0.39, 0.29) is 23.9 Å². The molecule has 0 radical (unpaired) electrons. The number of nitrogens with zero attached hydrogens (tertiary/aromatic N) is 1. The standard InChI is InChI=1S/C19H26N2O3/c22-18(7-4-11-20-19(23)16-8-9-16)24-17-10-12-21(14-17)13-15-5-2-1-3-6-15/h1-3,5-6,16-17H,4,7-14H2,(H,20,23)/t17-/m1/s1. The molecule has 2 fully saturated rings. The highest BCUT2D eigenvalue weighted by molar-refractivity contribution is 5.80. The Kier molecular flexibility index (Phi) is 5.86. The van der Waals surface area contributed by atoms with Crippen molar-refractivity contribution in [1.29, 1.82) is 0 Å². The zero-order valence-corrected chi connectivity index (χ0v) is 14.1. The number of amides is 1. The van der Waals surface area contributed by atoms with Crippen LogP contribution >= 0.6 is 0 Å². The molecule has 24 heavy (non-hydrogen) atoms. The SMILES string of the molecule is O=C(CCCNC(=O)C1CC1)O[C@@H]1CCN(Cc2ccccc2)C1. The molecule has 0 aromatic heterocycles. The summed E-state index contributed by atoms with van der Waals surface area (Å²) in [7, 11) is 0. The Morgan fingerprint density at radius 2 is 1.96 bits per heavy atom. The van der Waals surface area contributed by atoms with Crippen molar-refractivity contribution in [3.05, 3.63) is 35.9 Å². The number of rotatable bonds is 8. The quantitative estimate of drug-likeness (QED) is 0.586. The van der Waals surface area contributed by atoms with Gasteiger partial charge in [-0.2, -0.15) is 0 Å². The van der Waals surface area contributed by atoms with Crippen LogP contribution in [0.5, 0.6) is 0 Å². The molecule has 1 heterocycles. The first-order valence-electron chi connectivity index (χ1n) is 8.94. The second-order valence-corrected chi connectivity index (χ2v) is 6.79. The molecule has 1 amide bonds. The molecule has 0 bridgehead atoms. The third-order valence-electron chi connectivity index (χ3n) is 4.58. The van der Waals surface area contributed by atoms with Crippen molar-refractivity contribution in [2.45, 2.75) is 44.8 Å². The van der Waals surface area contributed by atoms with Crippen LogP contribution in [0.25, 0.3) is 0 Å². The highest BCUT2D eigenvalue weighted by Crippen LogP contribution is 2.28. The van der Waals surface area contributed by atoms with Crippen LogP contribution in [0.4, 0.5) is 0 Å². The lowest BCUT2D eigenvalue weighted by Crippen LogP contribution is -2.27. The van der Waals surface area contributed by atoms with Gasteiger partial charge in [0.25, 0.3) is 0 Å². The maximum atomic E-state index is 11.9. The zero-order valence-electron chi connectivity index (χ0n) is 14.1. The Morgan fingerprint density at radius 1 is 1.17 bits per heavy atom. The van der Waals surface area contributed by atoms with Gasteiger partial charge in [-0.3, -0.25) is 14.5 Å². The van der Waals surface area contributed by atoms with E-state index in [0.717, 1.165) is 38.9 Å². The molecular weight excluding hydrogens is 304 g/mol. The minimum atomic E-state index is -0.151. The molecule has 3 rings (SSSR count). The molecular formula is C19H26N2O3. The van der Waals surface area contributed by atoms with Gasteiger partial charge in [-0.05, 0) is 31.2 Å². The summed E-state index contributed by atoms with van der Waals surface area (Å²) in [6, 6.07) is 10.4. The Balaban J connectivity index is 1.28. The lowest BCUT2D eigenvalue weighted by molar-refractivity contribution is -0.148. The number of hydrogen-bond acceptors (Lipinski definition) is 4. The summed E-state index contributed by atoms with van der Waals surface area (Å²) in [5.74, 6) is 0.212. The second kappa shape index (κ2) is 8.29. The number of carbonyl (C=O) groups excluding carboxylic acids is 2.